The molecule has 0 unspecified atom stereocenters. The summed E-state index contributed by atoms with van der Waals surface area (Å²) < 4.78 is 10.8. The first kappa shape index (κ1) is 17.3. The van der Waals surface area contributed by atoms with Crippen LogP contribution in [0.2, 0.25) is 0 Å². The van der Waals surface area contributed by atoms with Crippen molar-refractivity contribution in [2.75, 3.05) is 6.79 Å². The number of thioether (sulfide) groups is 1. The van der Waals surface area contributed by atoms with E-state index >= 15 is 0 Å². The van der Waals surface area contributed by atoms with Crippen LogP contribution in [0.3, 0.4) is 0 Å². The first-order chi connectivity index (χ1) is 13.8. The van der Waals surface area contributed by atoms with Crippen molar-refractivity contribution in [2.45, 2.75) is 11.5 Å². The maximum absolute atomic E-state index is 12.5. The van der Waals surface area contributed by atoms with Gasteiger partial charge in [0.05, 0.1) is 11.1 Å². The Morgan fingerprint density at radius 1 is 1.04 bits per heavy atom. The topological polar surface area (TPSA) is 64.2 Å². The molecule has 140 valence electrons. The van der Waals surface area contributed by atoms with Crippen LogP contribution in [-0.2, 0) is 11.5 Å². The first-order valence-electron chi connectivity index (χ1n) is 8.81. The lowest BCUT2D eigenvalue weighted by molar-refractivity contribution is 0.174. The van der Waals surface area contributed by atoms with Crippen LogP contribution in [-0.4, -0.2) is 16.8 Å². The van der Waals surface area contributed by atoms with E-state index in [0.717, 1.165) is 38.1 Å². The monoisotopic (exact) mass is 408 g/mol. The molecule has 0 aliphatic carbocycles. The minimum Gasteiger partial charge on any atom is -0.454 e. The highest BCUT2D eigenvalue weighted by Crippen LogP contribution is 2.34. The van der Waals surface area contributed by atoms with Gasteiger partial charge in [-0.25, -0.2) is 4.98 Å². The fourth-order valence-electron chi connectivity index (χ4n) is 3.09. The Kier molecular flexibility index (Phi) is 4.54. The average Bonchev–Trinajstić information content (AvgIpc) is 3.35. The lowest BCUT2D eigenvalue weighted by atomic mass is 10.2. The van der Waals surface area contributed by atoms with E-state index in [2.05, 4.69) is 9.97 Å². The largest absolute Gasteiger partial charge is 0.454 e. The van der Waals surface area contributed by atoms with Crippen molar-refractivity contribution in [1.29, 1.82) is 0 Å². The fraction of sp³-hybridized carbons (Fsp3) is 0.143. The molecule has 0 atom stereocenters. The molecule has 0 fully saturated rings. The Bertz CT molecular complexity index is 1200. The van der Waals surface area contributed by atoms with Crippen molar-refractivity contribution in [3.05, 3.63) is 76.3 Å². The van der Waals surface area contributed by atoms with Crippen molar-refractivity contribution in [3.63, 3.8) is 0 Å². The van der Waals surface area contributed by atoms with Gasteiger partial charge in [0, 0.05) is 10.6 Å². The second kappa shape index (κ2) is 7.33. The molecule has 3 heterocycles. The van der Waals surface area contributed by atoms with Crippen LogP contribution in [0.25, 0.3) is 20.7 Å². The Morgan fingerprint density at radius 2 is 1.89 bits per heavy atom. The second-order valence-electron chi connectivity index (χ2n) is 6.39. The van der Waals surface area contributed by atoms with E-state index in [1.165, 1.54) is 0 Å². The average molecular weight is 409 g/mol. The lowest BCUT2D eigenvalue weighted by Crippen LogP contribution is -2.09. The van der Waals surface area contributed by atoms with E-state index in [9.17, 15) is 4.79 Å². The highest BCUT2D eigenvalue weighted by molar-refractivity contribution is 7.97. The molecule has 28 heavy (non-hydrogen) atoms. The summed E-state index contributed by atoms with van der Waals surface area (Å²) in [5.74, 6) is 3.72. The Labute approximate surface area is 169 Å². The summed E-state index contributed by atoms with van der Waals surface area (Å²) in [6.45, 7) is 0.281. The van der Waals surface area contributed by atoms with Gasteiger partial charge in [0.25, 0.3) is 5.56 Å². The van der Waals surface area contributed by atoms with Crippen LogP contribution >= 0.6 is 23.1 Å². The van der Waals surface area contributed by atoms with E-state index in [1.807, 2.05) is 54.6 Å². The Hall–Kier alpha value is -2.77. The molecule has 2 aromatic heterocycles. The van der Waals surface area contributed by atoms with Gasteiger partial charge in [-0.3, -0.25) is 4.79 Å². The van der Waals surface area contributed by atoms with E-state index in [1.54, 1.807) is 23.1 Å². The summed E-state index contributed by atoms with van der Waals surface area (Å²) in [7, 11) is 0. The van der Waals surface area contributed by atoms with Crippen molar-refractivity contribution >= 4 is 33.3 Å². The maximum Gasteiger partial charge on any atom is 0.259 e. The molecule has 0 radical (unpaired) electrons. The lowest BCUT2D eigenvalue weighted by Gasteiger charge is -2.03. The van der Waals surface area contributed by atoms with E-state index in [0.29, 0.717) is 17.0 Å². The third-order valence-electron chi connectivity index (χ3n) is 4.45. The number of fused-ring (bicyclic) bond motifs is 2. The summed E-state index contributed by atoms with van der Waals surface area (Å²) in [6, 6.07) is 17.9. The van der Waals surface area contributed by atoms with Crippen molar-refractivity contribution in [3.8, 4) is 21.9 Å². The fourth-order valence-corrected chi connectivity index (χ4v) is 4.99. The number of thiophene rings is 1. The molecule has 7 heteroatoms. The van der Waals surface area contributed by atoms with Gasteiger partial charge in [-0.1, -0.05) is 36.4 Å². The SMILES string of the molecule is O=c1[nH]c(CSCc2ccc3c(c2)OCO3)nc2sc(-c3ccccc3)cc12. The molecule has 5 rings (SSSR count). The third kappa shape index (κ3) is 3.39. The summed E-state index contributed by atoms with van der Waals surface area (Å²) >= 11 is 3.25. The number of aromatic amines is 1. The van der Waals surface area contributed by atoms with Crippen LogP contribution < -0.4 is 15.0 Å². The highest BCUT2D eigenvalue weighted by Gasteiger charge is 2.14. The molecule has 2 aromatic carbocycles. The maximum atomic E-state index is 12.5. The molecular weight excluding hydrogens is 392 g/mol. The van der Waals surface area contributed by atoms with Crippen LogP contribution in [0.1, 0.15) is 11.4 Å². The van der Waals surface area contributed by atoms with Crippen molar-refractivity contribution < 1.29 is 9.47 Å². The zero-order valence-corrected chi connectivity index (χ0v) is 16.4. The summed E-state index contributed by atoms with van der Waals surface area (Å²) in [5, 5.41) is 0.647. The normalized spacial score (nSPS) is 12.6. The van der Waals surface area contributed by atoms with Gasteiger partial charge in [0.15, 0.2) is 11.5 Å². The van der Waals surface area contributed by atoms with E-state index in [4.69, 9.17) is 9.47 Å². The summed E-state index contributed by atoms with van der Waals surface area (Å²) in [5.41, 5.74) is 2.17. The van der Waals surface area contributed by atoms with Crippen LogP contribution in [0, 0.1) is 0 Å². The van der Waals surface area contributed by atoms with Crippen LogP contribution in [0.4, 0.5) is 0 Å². The molecule has 1 aliphatic heterocycles. The van der Waals surface area contributed by atoms with Crippen LogP contribution in [0.5, 0.6) is 11.5 Å². The molecule has 1 aliphatic rings. The first-order valence-corrected chi connectivity index (χ1v) is 10.8. The van der Waals surface area contributed by atoms with Gasteiger partial charge in [0.1, 0.15) is 10.7 Å². The standard InChI is InChI=1S/C21H16N2O3S2/c24-20-15-9-18(14-4-2-1-3-5-14)28-21(15)23-19(22-20)11-27-10-13-6-7-16-17(8-13)26-12-25-16/h1-9H,10-12H2,(H,22,23,24). The second-order valence-corrected chi connectivity index (χ2v) is 8.40. The van der Waals surface area contributed by atoms with Gasteiger partial charge in [-0.05, 0) is 29.3 Å². The van der Waals surface area contributed by atoms with E-state index < -0.39 is 0 Å². The number of benzene rings is 2. The number of hydrogen-bond donors (Lipinski definition) is 1. The quantitative estimate of drug-likeness (QED) is 0.513. The molecule has 5 nitrogen and oxygen atoms in total. The molecule has 0 amide bonds. The Morgan fingerprint density at radius 3 is 2.79 bits per heavy atom. The van der Waals surface area contributed by atoms with Crippen molar-refractivity contribution in [1.82, 2.24) is 9.97 Å². The van der Waals surface area contributed by atoms with Gasteiger partial charge in [-0.2, -0.15) is 0 Å². The number of ether oxygens (including phenoxy) is 2. The van der Waals surface area contributed by atoms with Gasteiger partial charge in [0.2, 0.25) is 6.79 Å². The zero-order chi connectivity index (χ0) is 18.9. The van der Waals surface area contributed by atoms with E-state index in [-0.39, 0.29) is 12.4 Å². The summed E-state index contributed by atoms with van der Waals surface area (Å²) in [6.07, 6.45) is 0. The zero-order valence-electron chi connectivity index (χ0n) is 14.8. The highest BCUT2D eigenvalue weighted by atomic mass is 32.2. The minimum atomic E-state index is -0.0814. The number of hydrogen-bond acceptors (Lipinski definition) is 6. The number of nitrogens with one attached hydrogen (secondary N) is 1. The number of aromatic nitrogens is 2. The smallest absolute Gasteiger partial charge is 0.259 e. The molecule has 4 aromatic rings. The predicted octanol–water partition coefficient (Wildman–Crippen LogP) is 4.81. The van der Waals surface area contributed by atoms with Crippen molar-refractivity contribution in [2.24, 2.45) is 0 Å². The molecule has 0 saturated heterocycles. The molecule has 0 bridgehead atoms. The third-order valence-corrected chi connectivity index (χ3v) is 6.55. The molecule has 0 saturated carbocycles. The van der Waals surface area contributed by atoms with Crippen LogP contribution in [0.15, 0.2) is 59.4 Å². The van der Waals surface area contributed by atoms with Gasteiger partial charge < -0.3 is 14.5 Å². The van der Waals surface area contributed by atoms with Gasteiger partial charge in [-0.15, -0.1) is 23.1 Å². The van der Waals surface area contributed by atoms with Gasteiger partial charge >= 0.3 is 0 Å². The number of H-pyrrole nitrogens is 1. The number of rotatable bonds is 5. The summed E-state index contributed by atoms with van der Waals surface area (Å²) in [4.78, 5) is 21.9. The molecule has 0 spiro atoms. The number of nitrogens with zero attached hydrogens (tertiary/aromatic N) is 1. The molecule has 1 N–H and O–H groups in total. The minimum absolute atomic E-state index is 0.0814. The predicted molar refractivity (Wildman–Crippen MR) is 113 cm³/mol. The molecular formula is C21H16N2O3S2. The Balaban J connectivity index is 1.33.